The van der Waals surface area contributed by atoms with Gasteiger partial charge >= 0.3 is 0 Å². The number of amides is 3. The fourth-order valence-corrected chi connectivity index (χ4v) is 6.54. The van der Waals surface area contributed by atoms with Crippen molar-refractivity contribution in [1.29, 1.82) is 0 Å². The molecule has 2 heterocycles. The number of carbonyl (C=O) groups excluding carboxylic acids is 3. The molecule has 4 rings (SSSR count). The molecule has 1 aliphatic heterocycles. The Morgan fingerprint density at radius 2 is 1.69 bits per heavy atom. The normalized spacial score (nSPS) is 17.2. The Bertz CT molecular complexity index is 1560. The first-order valence-electron chi connectivity index (χ1n) is 17.5. The Hall–Kier alpha value is -3.88. The summed E-state index contributed by atoms with van der Waals surface area (Å²) in [6.45, 7) is 11.4. The zero-order chi connectivity index (χ0) is 37.0. The van der Waals surface area contributed by atoms with Crippen molar-refractivity contribution in [3.8, 4) is 16.2 Å². The van der Waals surface area contributed by atoms with Crippen LogP contribution in [0, 0.1) is 12.3 Å². The topological polar surface area (TPSA) is 165 Å². The first kappa shape index (κ1) is 39.9. The van der Waals surface area contributed by atoms with Crippen LogP contribution in [0.15, 0.2) is 54.0 Å². The molecule has 0 aliphatic carbocycles. The molecule has 3 aromatic rings. The highest BCUT2D eigenvalue weighted by Crippen LogP contribution is 2.28. The van der Waals surface area contributed by atoms with Crippen molar-refractivity contribution in [2.24, 2.45) is 11.1 Å². The highest BCUT2D eigenvalue weighted by Gasteiger charge is 2.44. The second kappa shape index (κ2) is 19.1. The second-order valence-electron chi connectivity index (χ2n) is 14.0. The molecule has 1 aliphatic rings. The highest BCUT2D eigenvalue weighted by molar-refractivity contribution is 7.13. The molecule has 4 atom stereocenters. The molecule has 12 nitrogen and oxygen atoms in total. The number of nitrogens with one attached hydrogen (secondary N) is 2. The quantitative estimate of drug-likeness (QED) is 0.141. The van der Waals surface area contributed by atoms with Crippen molar-refractivity contribution in [2.45, 2.75) is 84.7 Å². The zero-order valence-electron chi connectivity index (χ0n) is 30.4. The Morgan fingerprint density at radius 1 is 1.02 bits per heavy atom. The van der Waals surface area contributed by atoms with Crippen LogP contribution in [0.4, 0.5) is 0 Å². The molecule has 0 spiro atoms. The number of hydrogen-bond acceptors (Lipinski definition) is 10. The van der Waals surface area contributed by atoms with Crippen LogP contribution < -0.4 is 21.1 Å². The lowest BCUT2D eigenvalue weighted by Gasteiger charge is -2.35. The molecule has 13 heteroatoms. The summed E-state index contributed by atoms with van der Waals surface area (Å²) in [6.07, 6.45) is 0.609. The van der Waals surface area contributed by atoms with Crippen LogP contribution in [0.25, 0.3) is 10.4 Å². The van der Waals surface area contributed by atoms with Crippen LogP contribution in [-0.2, 0) is 30.4 Å². The number of carbonyl (C=O) groups is 3. The molecule has 2 aromatic carbocycles. The summed E-state index contributed by atoms with van der Waals surface area (Å²) in [7, 11) is 0. The van der Waals surface area contributed by atoms with E-state index in [9.17, 15) is 19.5 Å². The molecule has 278 valence electrons. The molecular formula is C38H53N5O7S. The standard InChI is InChI=1S/C38H53N5O7S/c1-25(39)28-12-14-31(15-13-28)50-19-7-17-48-16-6-18-49-23-33(45)42-35(38(3,4)5)37(47)43-22-30(44)20-32(43)36(46)40-21-27-8-10-29(11-9-27)34-26(2)41-24-51-34/h8-15,24-25,30,32,35,44H,6-7,16-23,39H2,1-5H3,(H,40,46)(H,42,45). The van der Waals surface area contributed by atoms with Gasteiger partial charge in [0.1, 0.15) is 24.4 Å². The van der Waals surface area contributed by atoms with E-state index in [0.29, 0.717) is 32.8 Å². The number of aromatic nitrogens is 1. The smallest absolute Gasteiger partial charge is 0.246 e. The van der Waals surface area contributed by atoms with E-state index in [4.69, 9.17) is 19.9 Å². The van der Waals surface area contributed by atoms with Crippen LogP contribution >= 0.6 is 11.3 Å². The van der Waals surface area contributed by atoms with Gasteiger partial charge in [-0.05, 0) is 54.5 Å². The number of thiazole rings is 1. The van der Waals surface area contributed by atoms with Gasteiger partial charge in [-0.15, -0.1) is 11.3 Å². The lowest BCUT2D eigenvalue weighted by atomic mass is 9.85. The summed E-state index contributed by atoms with van der Waals surface area (Å²) in [5.74, 6) is -0.419. The third-order valence-corrected chi connectivity index (χ3v) is 9.61. The van der Waals surface area contributed by atoms with Crippen molar-refractivity contribution in [1.82, 2.24) is 20.5 Å². The van der Waals surface area contributed by atoms with Crippen molar-refractivity contribution in [3.63, 3.8) is 0 Å². The third-order valence-electron chi connectivity index (χ3n) is 8.63. The van der Waals surface area contributed by atoms with Crippen LogP contribution in [0.5, 0.6) is 5.75 Å². The van der Waals surface area contributed by atoms with Gasteiger partial charge in [0.2, 0.25) is 17.7 Å². The average Bonchev–Trinajstić information content (AvgIpc) is 3.71. The maximum absolute atomic E-state index is 13.8. The maximum atomic E-state index is 13.8. The molecule has 1 fully saturated rings. The summed E-state index contributed by atoms with van der Waals surface area (Å²) in [6, 6.07) is 13.8. The minimum Gasteiger partial charge on any atom is -0.494 e. The number of ether oxygens (including phenoxy) is 3. The first-order valence-corrected chi connectivity index (χ1v) is 18.4. The number of aliphatic hydroxyl groups is 1. The predicted octanol–water partition coefficient (Wildman–Crippen LogP) is 4.14. The summed E-state index contributed by atoms with van der Waals surface area (Å²) in [5, 5.41) is 16.2. The number of aryl methyl sites for hydroxylation is 1. The van der Waals surface area contributed by atoms with Crippen LogP contribution in [0.2, 0.25) is 0 Å². The molecule has 0 saturated carbocycles. The van der Waals surface area contributed by atoms with Crippen LogP contribution in [0.3, 0.4) is 0 Å². The van der Waals surface area contributed by atoms with Crippen LogP contribution in [0.1, 0.15) is 69.8 Å². The Morgan fingerprint density at radius 3 is 2.31 bits per heavy atom. The van der Waals surface area contributed by atoms with E-state index in [0.717, 1.165) is 39.4 Å². The fourth-order valence-electron chi connectivity index (χ4n) is 5.73. The van der Waals surface area contributed by atoms with Crippen molar-refractivity contribution in [2.75, 3.05) is 39.6 Å². The van der Waals surface area contributed by atoms with Crippen LogP contribution in [-0.4, -0.2) is 90.5 Å². The Balaban J connectivity index is 1.16. The largest absolute Gasteiger partial charge is 0.494 e. The number of β-amino-alcohol motifs (C(OH)–C–C–N with tert-alkyl or cyclic N) is 1. The molecule has 5 N–H and O–H groups in total. The molecule has 3 amide bonds. The van der Waals surface area contributed by atoms with Gasteiger partial charge in [0, 0.05) is 51.8 Å². The van der Waals surface area contributed by atoms with Gasteiger partial charge in [-0.25, -0.2) is 4.98 Å². The summed E-state index contributed by atoms with van der Waals surface area (Å²) in [5.41, 5.74) is 11.0. The van der Waals surface area contributed by atoms with Gasteiger partial charge in [-0.2, -0.15) is 0 Å². The fraction of sp³-hybridized carbons (Fsp3) is 0.526. The highest BCUT2D eigenvalue weighted by atomic mass is 32.1. The Kier molecular flexibility index (Phi) is 14.9. The predicted molar refractivity (Wildman–Crippen MR) is 197 cm³/mol. The van der Waals surface area contributed by atoms with Crippen molar-refractivity contribution >= 4 is 29.1 Å². The summed E-state index contributed by atoms with van der Waals surface area (Å²) < 4.78 is 16.9. The maximum Gasteiger partial charge on any atom is 0.246 e. The van der Waals surface area contributed by atoms with E-state index in [1.165, 1.54) is 4.90 Å². The molecule has 4 unspecified atom stereocenters. The van der Waals surface area contributed by atoms with Gasteiger partial charge < -0.3 is 40.6 Å². The third kappa shape index (κ3) is 12.1. The van der Waals surface area contributed by atoms with E-state index < -0.39 is 35.4 Å². The number of benzene rings is 2. The van der Waals surface area contributed by atoms with Crippen molar-refractivity contribution < 1.29 is 33.7 Å². The SMILES string of the molecule is Cc1ncsc1-c1ccc(CNC(=O)C2CC(O)CN2C(=O)C(NC(=O)COCCCOCCCOc2ccc(C(C)N)cc2)C(C)(C)C)cc1. The van der Waals surface area contributed by atoms with Gasteiger partial charge in [-0.3, -0.25) is 14.4 Å². The van der Waals surface area contributed by atoms with Gasteiger partial charge in [0.15, 0.2) is 0 Å². The minimum absolute atomic E-state index is 0.00607. The lowest BCUT2D eigenvalue weighted by Crippen LogP contribution is -2.58. The molecule has 0 bridgehead atoms. The molecule has 1 aromatic heterocycles. The monoisotopic (exact) mass is 723 g/mol. The summed E-state index contributed by atoms with van der Waals surface area (Å²) in [4.78, 5) is 46.8. The summed E-state index contributed by atoms with van der Waals surface area (Å²) >= 11 is 1.58. The van der Waals surface area contributed by atoms with Crippen molar-refractivity contribution in [3.05, 3.63) is 70.9 Å². The number of likely N-dealkylation sites (tertiary alicyclic amines) is 1. The van der Waals surface area contributed by atoms with E-state index in [2.05, 4.69) is 15.6 Å². The molecule has 51 heavy (non-hydrogen) atoms. The number of nitrogens with two attached hydrogens (primary N) is 1. The number of rotatable bonds is 18. The number of aliphatic hydroxyl groups excluding tert-OH is 1. The molecule has 0 radical (unpaired) electrons. The van der Waals surface area contributed by atoms with E-state index in [1.807, 2.05) is 88.7 Å². The second-order valence-corrected chi connectivity index (χ2v) is 14.9. The van der Waals surface area contributed by atoms with Gasteiger partial charge in [0.05, 0.1) is 28.8 Å². The lowest BCUT2D eigenvalue weighted by molar-refractivity contribution is -0.144. The minimum atomic E-state index is -0.926. The molecular weight excluding hydrogens is 671 g/mol. The Labute approximate surface area is 305 Å². The molecule has 1 saturated heterocycles. The van der Waals surface area contributed by atoms with E-state index in [1.54, 1.807) is 11.3 Å². The van der Waals surface area contributed by atoms with Gasteiger partial charge in [-0.1, -0.05) is 57.2 Å². The van der Waals surface area contributed by atoms with E-state index in [-0.39, 0.29) is 38.1 Å². The number of nitrogens with zero attached hydrogens (tertiary/aromatic N) is 2. The first-order chi connectivity index (χ1) is 24.3. The number of hydrogen-bond donors (Lipinski definition) is 4. The average molecular weight is 724 g/mol. The van der Waals surface area contributed by atoms with Gasteiger partial charge in [0.25, 0.3) is 0 Å². The zero-order valence-corrected chi connectivity index (χ0v) is 31.2. The van der Waals surface area contributed by atoms with E-state index >= 15 is 0 Å².